The molecule has 3 aromatic rings. The second-order valence-corrected chi connectivity index (χ2v) is 8.08. The Morgan fingerprint density at radius 3 is 2.66 bits per heavy atom. The van der Waals surface area contributed by atoms with Crippen LogP contribution in [0.2, 0.25) is 0 Å². The minimum Gasteiger partial charge on any atom is -0.298 e. The van der Waals surface area contributed by atoms with E-state index in [-0.39, 0.29) is 11.7 Å². The van der Waals surface area contributed by atoms with Gasteiger partial charge in [0.05, 0.1) is 12.0 Å². The fourth-order valence-electron chi connectivity index (χ4n) is 2.41. The van der Waals surface area contributed by atoms with Gasteiger partial charge in [0.1, 0.15) is 0 Å². The van der Waals surface area contributed by atoms with Gasteiger partial charge in [-0.25, -0.2) is 5.43 Å². The molecule has 7 nitrogen and oxygen atoms in total. The highest BCUT2D eigenvalue weighted by Gasteiger charge is 2.15. The van der Waals surface area contributed by atoms with Crippen LogP contribution in [0.3, 0.4) is 0 Å². The quantitative estimate of drug-likeness (QED) is 0.233. The van der Waals surface area contributed by atoms with E-state index >= 15 is 0 Å². The van der Waals surface area contributed by atoms with E-state index < -0.39 is 0 Å². The molecular formula is C20H19BrN6OS. The number of amides is 1. The van der Waals surface area contributed by atoms with Crippen molar-refractivity contribution in [2.75, 3.05) is 5.75 Å². The lowest BCUT2D eigenvalue weighted by Crippen LogP contribution is -2.20. The molecule has 9 heteroatoms. The molecular weight excluding hydrogens is 452 g/mol. The van der Waals surface area contributed by atoms with E-state index in [2.05, 4.69) is 48.2 Å². The van der Waals surface area contributed by atoms with Gasteiger partial charge >= 0.3 is 0 Å². The van der Waals surface area contributed by atoms with Gasteiger partial charge in [0.2, 0.25) is 0 Å². The maximum Gasteiger partial charge on any atom is 0.250 e. The van der Waals surface area contributed by atoms with Crippen LogP contribution in [-0.4, -0.2) is 37.6 Å². The Balaban J connectivity index is 1.66. The molecule has 2 heterocycles. The molecule has 0 bridgehead atoms. The average Bonchev–Trinajstić information content (AvgIpc) is 3.09. The zero-order chi connectivity index (χ0) is 20.6. The van der Waals surface area contributed by atoms with Crippen molar-refractivity contribution >= 4 is 39.8 Å². The zero-order valence-electron chi connectivity index (χ0n) is 15.7. The average molecular weight is 471 g/mol. The monoisotopic (exact) mass is 470 g/mol. The van der Waals surface area contributed by atoms with Crippen molar-refractivity contribution < 1.29 is 4.79 Å². The smallest absolute Gasteiger partial charge is 0.250 e. The first-order chi connectivity index (χ1) is 14.0. The van der Waals surface area contributed by atoms with Crippen LogP contribution in [0, 0.1) is 0 Å². The van der Waals surface area contributed by atoms with Gasteiger partial charge < -0.3 is 0 Å². The molecule has 2 aromatic heterocycles. The SMILES string of the molecule is C=C(C)Cn1c(SCC(=O)NN=Cc2ccncc2)nnc1-c1ccc(Br)cc1. The van der Waals surface area contributed by atoms with E-state index in [1.807, 2.05) is 35.8 Å². The summed E-state index contributed by atoms with van der Waals surface area (Å²) < 4.78 is 2.95. The Bertz CT molecular complexity index is 1020. The third kappa shape index (κ3) is 6.10. The summed E-state index contributed by atoms with van der Waals surface area (Å²) in [6.45, 7) is 6.51. The minimum atomic E-state index is -0.227. The fraction of sp³-hybridized carbons (Fsp3) is 0.150. The number of thioether (sulfide) groups is 1. The van der Waals surface area contributed by atoms with Gasteiger partial charge in [0.15, 0.2) is 11.0 Å². The van der Waals surface area contributed by atoms with Crippen LogP contribution < -0.4 is 5.43 Å². The number of hydrazone groups is 1. The van der Waals surface area contributed by atoms with E-state index in [1.165, 1.54) is 11.8 Å². The first-order valence-corrected chi connectivity index (χ1v) is 10.5. The predicted molar refractivity (Wildman–Crippen MR) is 119 cm³/mol. The van der Waals surface area contributed by atoms with Crippen molar-refractivity contribution in [3.05, 3.63) is 71.0 Å². The molecule has 1 amide bonds. The molecule has 148 valence electrons. The molecule has 0 aliphatic carbocycles. The molecule has 0 fully saturated rings. The summed E-state index contributed by atoms with van der Waals surface area (Å²) in [4.78, 5) is 16.0. The molecule has 0 atom stereocenters. The van der Waals surface area contributed by atoms with Gasteiger partial charge in [-0.1, -0.05) is 52.0 Å². The molecule has 0 unspecified atom stereocenters. The maximum absolute atomic E-state index is 12.1. The van der Waals surface area contributed by atoms with Gasteiger partial charge in [0, 0.05) is 29.0 Å². The van der Waals surface area contributed by atoms with Crippen LogP contribution in [0.25, 0.3) is 11.4 Å². The first-order valence-electron chi connectivity index (χ1n) is 8.71. The van der Waals surface area contributed by atoms with Crippen molar-refractivity contribution in [2.24, 2.45) is 5.10 Å². The lowest BCUT2D eigenvalue weighted by molar-refractivity contribution is -0.118. The zero-order valence-corrected chi connectivity index (χ0v) is 18.2. The molecule has 0 spiro atoms. The topological polar surface area (TPSA) is 85.1 Å². The van der Waals surface area contributed by atoms with E-state index in [0.29, 0.717) is 11.7 Å². The lowest BCUT2D eigenvalue weighted by atomic mass is 10.2. The summed E-state index contributed by atoms with van der Waals surface area (Å²) in [5.41, 5.74) is 5.28. The maximum atomic E-state index is 12.1. The molecule has 0 saturated carbocycles. The van der Waals surface area contributed by atoms with Crippen molar-refractivity contribution in [2.45, 2.75) is 18.6 Å². The molecule has 29 heavy (non-hydrogen) atoms. The second-order valence-electron chi connectivity index (χ2n) is 6.22. The first kappa shape index (κ1) is 20.9. The number of carbonyl (C=O) groups excluding carboxylic acids is 1. The number of hydrogen-bond acceptors (Lipinski definition) is 6. The highest BCUT2D eigenvalue weighted by Crippen LogP contribution is 2.26. The fourth-order valence-corrected chi connectivity index (χ4v) is 3.41. The number of carbonyl (C=O) groups is 1. The Morgan fingerprint density at radius 2 is 1.97 bits per heavy atom. The molecule has 0 aliphatic rings. The van der Waals surface area contributed by atoms with Crippen LogP contribution in [0.5, 0.6) is 0 Å². The third-order valence-electron chi connectivity index (χ3n) is 3.69. The van der Waals surface area contributed by atoms with Gasteiger partial charge in [-0.15, -0.1) is 10.2 Å². The van der Waals surface area contributed by atoms with Crippen molar-refractivity contribution in [1.82, 2.24) is 25.2 Å². The summed E-state index contributed by atoms with van der Waals surface area (Å²) in [5.74, 6) is 0.678. The molecule has 0 radical (unpaired) electrons. The summed E-state index contributed by atoms with van der Waals surface area (Å²) >= 11 is 4.74. The van der Waals surface area contributed by atoms with Crippen molar-refractivity contribution in [3.8, 4) is 11.4 Å². The second kappa shape index (κ2) is 10.1. The highest BCUT2D eigenvalue weighted by molar-refractivity contribution is 9.10. The van der Waals surface area contributed by atoms with E-state index in [9.17, 15) is 4.79 Å². The van der Waals surface area contributed by atoms with Crippen molar-refractivity contribution in [3.63, 3.8) is 0 Å². The molecule has 1 N–H and O–H groups in total. The molecule has 1 aromatic carbocycles. The number of hydrogen-bond donors (Lipinski definition) is 1. The number of nitrogens with zero attached hydrogens (tertiary/aromatic N) is 5. The van der Waals surface area contributed by atoms with Gasteiger partial charge in [-0.3, -0.25) is 14.3 Å². The van der Waals surface area contributed by atoms with Crippen LogP contribution in [0.1, 0.15) is 12.5 Å². The third-order valence-corrected chi connectivity index (χ3v) is 5.18. The van der Waals surface area contributed by atoms with E-state index in [4.69, 9.17) is 0 Å². The summed E-state index contributed by atoms with van der Waals surface area (Å²) in [6.07, 6.45) is 4.90. The number of halogens is 1. The minimum absolute atomic E-state index is 0.169. The predicted octanol–water partition coefficient (Wildman–Crippen LogP) is 3.92. The summed E-state index contributed by atoms with van der Waals surface area (Å²) in [7, 11) is 0. The van der Waals surface area contributed by atoms with Crippen LogP contribution in [0.15, 0.2) is 75.7 Å². The number of nitrogens with one attached hydrogen (secondary N) is 1. The van der Waals surface area contributed by atoms with Crippen LogP contribution >= 0.6 is 27.7 Å². The van der Waals surface area contributed by atoms with Gasteiger partial charge in [-0.05, 0) is 36.8 Å². The number of benzene rings is 1. The Labute approximate surface area is 181 Å². The normalized spacial score (nSPS) is 11.0. The van der Waals surface area contributed by atoms with Crippen LogP contribution in [-0.2, 0) is 11.3 Å². The Hall–Kier alpha value is -2.78. The number of aromatic nitrogens is 4. The summed E-state index contributed by atoms with van der Waals surface area (Å²) in [6, 6.07) is 11.4. The Kier molecular flexibility index (Phi) is 7.31. The molecule has 3 rings (SSSR count). The van der Waals surface area contributed by atoms with Crippen molar-refractivity contribution in [1.29, 1.82) is 0 Å². The standard InChI is InChI=1S/C20H19BrN6OS/c1-14(2)12-27-19(16-3-5-17(21)6-4-16)25-26-20(27)29-13-18(28)24-23-11-15-7-9-22-10-8-15/h3-11H,1,12-13H2,2H3,(H,24,28). The van der Waals surface area contributed by atoms with Gasteiger partial charge in [-0.2, -0.15) is 5.10 Å². The highest BCUT2D eigenvalue weighted by atomic mass is 79.9. The van der Waals surface area contributed by atoms with Gasteiger partial charge in [0.25, 0.3) is 5.91 Å². The molecule has 0 aliphatic heterocycles. The molecule has 0 saturated heterocycles. The van der Waals surface area contributed by atoms with Crippen LogP contribution in [0.4, 0.5) is 0 Å². The number of allylic oxidation sites excluding steroid dienone is 1. The number of rotatable bonds is 8. The Morgan fingerprint density at radius 1 is 1.24 bits per heavy atom. The summed E-state index contributed by atoms with van der Waals surface area (Å²) in [5, 5.41) is 13.2. The largest absolute Gasteiger partial charge is 0.298 e. The lowest BCUT2D eigenvalue weighted by Gasteiger charge is -2.10. The number of pyridine rings is 1. The van der Waals surface area contributed by atoms with E-state index in [1.54, 1.807) is 30.7 Å². The van der Waals surface area contributed by atoms with E-state index in [0.717, 1.165) is 27.0 Å².